The number of fused-ring (bicyclic) bond motifs is 1. The van der Waals surface area contributed by atoms with Gasteiger partial charge in [-0.15, -0.1) is 0 Å². The maximum Gasteiger partial charge on any atom is 0.244 e. The predicted octanol–water partition coefficient (Wildman–Crippen LogP) is 6.47. The summed E-state index contributed by atoms with van der Waals surface area (Å²) in [5, 5.41) is 5.15. The maximum atomic E-state index is 14.4. The largest absolute Gasteiger partial charge is 0.354 e. The number of amides is 2. The van der Waals surface area contributed by atoms with Crippen molar-refractivity contribution >= 4 is 61.5 Å². The molecule has 10 heteroatoms. The second-order valence-corrected chi connectivity index (χ2v) is 13.1. The van der Waals surface area contributed by atoms with Gasteiger partial charge in [0.1, 0.15) is 12.6 Å². The fourth-order valence-corrected chi connectivity index (χ4v) is 6.31. The van der Waals surface area contributed by atoms with Crippen molar-refractivity contribution in [2.24, 2.45) is 0 Å². The van der Waals surface area contributed by atoms with Gasteiger partial charge in [-0.1, -0.05) is 109 Å². The molecule has 2 amide bonds. The zero-order valence-electron chi connectivity index (χ0n) is 24.2. The van der Waals surface area contributed by atoms with E-state index in [1.807, 2.05) is 67.6 Å². The molecule has 0 bridgehead atoms. The van der Waals surface area contributed by atoms with Crippen LogP contribution < -0.4 is 9.62 Å². The minimum atomic E-state index is -3.92. The molecule has 43 heavy (non-hydrogen) atoms. The Morgan fingerprint density at radius 3 is 2.16 bits per heavy atom. The fraction of sp³-hybridized carbons (Fsp3) is 0.273. The number of hydrogen-bond acceptors (Lipinski definition) is 4. The Labute approximate surface area is 263 Å². The van der Waals surface area contributed by atoms with Crippen LogP contribution in [-0.4, -0.2) is 50.5 Å². The molecule has 7 nitrogen and oxygen atoms in total. The van der Waals surface area contributed by atoms with Crippen LogP contribution in [0.15, 0.2) is 91.0 Å². The Hall–Kier alpha value is -3.59. The third-order valence-corrected chi connectivity index (χ3v) is 9.04. The van der Waals surface area contributed by atoms with E-state index in [0.717, 1.165) is 34.4 Å². The van der Waals surface area contributed by atoms with E-state index < -0.39 is 28.5 Å². The molecule has 0 aliphatic heterocycles. The van der Waals surface area contributed by atoms with Crippen molar-refractivity contribution < 1.29 is 18.0 Å². The molecule has 0 radical (unpaired) electrons. The third-order valence-electron chi connectivity index (χ3n) is 7.21. The average Bonchev–Trinajstić information content (AvgIpc) is 2.98. The molecule has 1 atom stereocenters. The van der Waals surface area contributed by atoms with E-state index in [4.69, 9.17) is 23.2 Å². The molecule has 4 aromatic carbocycles. The molecule has 0 saturated carbocycles. The molecule has 1 N–H and O–H groups in total. The Bertz CT molecular complexity index is 1660. The highest BCUT2D eigenvalue weighted by Crippen LogP contribution is 2.30. The Balaban J connectivity index is 1.80. The topological polar surface area (TPSA) is 86.8 Å². The molecule has 0 fully saturated rings. The lowest BCUT2D eigenvalue weighted by Crippen LogP contribution is -2.53. The number of nitrogens with zero attached hydrogens (tertiary/aromatic N) is 2. The van der Waals surface area contributed by atoms with Gasteiger partial charge in [-0.25, -0.2) is 8.42 Å². The van der Waals surface area contributed by atoms with Gasteiger partial charge in [0.2, 0.25) is 21.8 Å². The first kappa shape index (κ1) is 32.3. The Morgan fingerprint density at radius 2 is 1.49 bits per heavy atom. The van der Waals surface area contributed by atoms with Gasteiger partial charge >= 0.3 is 0 Å². The molecule has 0 spiro atoms. The predicted molar refractivity (Wildman–Crippen MR) is 175 cm³/mol. The molecule has 226 valence electrons. The zero-order valence-corrected chi connectivity index (χ0v) is 26.5. The highest BCUT2D eigenvalue weighted by atomic mass is 35.5. The molecule has 0 aliphatic rings. The summed E-state index contributed by atoms with van der Waals surface area (Å²) in [6, 6.07) is 26.1. The van der Waals surface area contributed by atoms with Gasteiger partial charge in [-0.3, -0.25) is 13.9 Å². The summed E-state index contributed by atoms with van der Waals surface area (Å²) in [5.74, 6) is -0.911. The quantitative estimate of drug-likeness (QED) is 0.170. The number of rotatable bonds is 13. The normalized spacial score (nSPS) is 12.1. The van der Waals surface area contributed by atoms with Crippen LogP contribution in [0.5, 0.6) is 0 Å². The number of halogens is 2. The van der Waals surface area contributed by atoms with Gasteiger partial charge in [-0.05, 0) is 35.6 Å². The van der Waals surface area contributed by atoms with Crippen molar-refractivity contribution in [1.29, 1.82) is 0 Å². The van der Waals surface area contributed by atoms with E-state index >= 15 is 0 Å². The first-order valence-electron chi connectivity index (χ1n) is 14.1. The van der Waals surface area contributed by atoms with Gasteiger partial charge in [0.25, 0.3) is 0 Å². The van der Waals surface area contributed by atoms with Gasteiger partial charge < -0.3 is 10.2 Å². The molecule has 0 unspecified atom stereocenters. The van der Waals surface area contributed by atoms with E-state index in [-0.39, 0.29) is 18.9 Å². The molecular weight excluding hydrogens is 605 g/mol. The summed E-state index contributed by atoms with van der Waals surface area (Å²) < 4.78 is 27.5. The number of carbonyl (C=O) groups is 2. The van der Waals surface area contributed by atoms with E-state index in [2.05, 4.69) is 5.32 Å². The average molecular weight is 641 g/mol. The SMILES string of the molecule is CCCCNC(=O)[C@H](Cc1ccccc1)N(Cc1c(Cl)cccc1Cl)C(=O)CN(c1cccc2ccccc12)S(C)(=O)=O. The molecule has 0 aromatic heterocycles. The highest BCUT2D eigenvalue weighted by molar-refractivity contribution is 7.92. The number of anilines is 1. The summed E-state index contributed by atoms with van der Waals surface area (Å²) in [7, 11) is -3.92. The van der Waals surface area contributed by atoms with Gasteiger partial charge in [-0.2, -0.15) is 0 Å². The Kier molecular flexibility index (Phi) is 11.1. The van der Waals surface area contributed by atoms with E-state index in [1.165, 1.54) is 4.90 Å². The van der Waals surface area contributed by atoms with E-state index in [1.54, 1.807) is 30.3 Å². The fourth-order valence-electron chi connectivity index (χ4n) is 4.93. The van der Waals surface area contributed by atoms with Crippen LogP contribution in [0.4, 0.5) is 5.69 Å². The van der Waals surface area contributed by atoms with Crippen molar-refractivity contribution in [3.05, 3.63) is 112 Å². The van der Waals surface area contributed by atoms with E-state index in [9.17, 15) is 18.0 Å². The Morgan fingerprint density at radius 1 is 0.860 bits per heavy atom. The van der Waals surface area contributed by atoms with Crippen LogP contribution in [0.2, 0.25) is 10.0 Å². The molecule has 0 saturated heterocycles. The van der Waals surface area contributed by atoms with Crippen molar-refractivity contribution in [3.63, 3.8) is 0 Å². The smallest absolute Gasteiger partial charge is 0.244 e. The third kappa shape index (κ3) is 8.28. The zero-order chi connectivity index (χ0) is 31.0. The second kappa shape index (κ2) is 14.7. The first-order valence-corrected chi connectivity index (χ1v) is 16.7. The van der Waals surface area contributed by atoms with Crippen LogP contribution in [0.3, 0.4) is 0 Å². The summed E-state index contributed by atoms with van der Waals surface area (Å²) >= 11 is 13.1. The van der Waals surface area contributed by atoms with Crippen molar-refractivity contribution in [1.82, 2.24) is 10.2 Å². The summed E-state index contributed by atoms with van der Waals surface area (Å²) in [5.41, 5.74) is 1.68. The lowest BCUT2D eigenvalue weighted by molar-refractivity contribution is -0.140. The summed E-state index contributed by atoms with van der Waals surface area (Å²) in [4.78, 5) is 29.5. The lowest BCUT2D eigenvalue weighted by atomic mass is 10.0. The molecular formula is C33H35Cl2N3O4S. The monoisotopic (exact) mass is 639 g/mol. The number of hydrogen-bond donors (Lipinski definition) is 1. The van der Waals surface area contributed by atoms with Crippen LogP contribution in [0.25, 0.3) is 10.8 Å². The highest BCUT2D eigenvalue weighted by Gasteiger charge is 2.34. The van der Waals surface area contributed by atoms with Crippen molar-refractivity contribution in [3.8, 4) is 0 Å². The van der Waals surface area contributed by atoms with Gasteiger partial charge in [0, 0.05) is 40.5 Å². The number of benzene rings is 4. The van der Waals surface area contributed by atoms with Crippen molar-refractivity contribution in [2.75, 3.05) is 23.7 Å². The van der Waals surface area contributed by atoms with Crippen LogP contribution in [0.1, 0.15) is 30.9 Å². The van der Waals surface area contributed by atoms with E-state index in [0.29, 0.717) is 33.2 Å². The van der Waals surface area contributed by atoms with Gasteiger partial charge in [0.05, 0.1) is 11.9 Å². The number of sulfonamides is 1. The molecule has 0 heterocycles. The lowest BCUT2D eigenvalue weighted by Gasteiger charge is -2.34. The number of nitrogens with one attached hydrogen (secondary N) is 1. The summed E-state index contributed by atoms with van der Waals surface area (Å²) in [6.45, 7) is 1.85. The molecule has 0 aliphatic carbocycles. The minimum Gasteiger partial charge on any atom is -0.354 e. The van der Waals surface area contributed by atoms with Crippen molar-refractivity contribution in [2.45, 2.75) is 38.8 Å². The molecule has 4 rings (SSSR count). The van der Waals surface area contributed by atoms with Gasteiger partial charge in [0.15, 0.2) is 0 Å². The maximum absolute atomic E-state index is 14.4. The van der Waals surface area contributed by atoms with Crippen LogP contribution in [-0.2, 0) is 32.6 Å². The number of unbranched alkanes of at least 4 members (excludes halogenated alkanes) is 1. The van der Waals surface area contributed by atoms with Crippen LogP contribution in [0, 0.1) is 0 Å². The van der Waals surface area contributed by atoms with Crippen LogP contribution >= 0.6 is 23.2 Å². The summed E-state index contributed by atoms with van der Waals surface area (Å²) in [6.07, 6.45) is 2.93. The number of carbonyl (C=O) groups excluding carboxylic acids is 2. The second-order valence-electron chi connectivity index (χ2n) is 10.3. The first-order chi connectivity index (χ1) is 20.6. The standard InChI is InChI=1S/C33H35Cl2N3O4S/c1-3-4-20-36-33(40)31(21-24-12-6-5-7-13-24)37(22-27-28(34)17-11-18-29(27)35)32(39)23-38(43(2,41)42)30-19-10-15-25-14-8-9-16-26(25)30/h5-19,31H,3-4,20-23H2,1-2H3,(H,36,40)/t31-/m0/s1. The molecule has 4 aromatic rings. The minimum absolute atomic E-state index is 0.0941.